The van der Waals surface area contributed by atoms with Gasteiger partial charge in [0.05, 0.1) is 43.3 Å². The number of anilines is 2. The first-order chi connectivity index (χ1) is 18.0. The van der Waals surface area contributed by atoms with Crippen LogP contribution in [0.5, 0.6) is 11.5 Å². The van der Waals surface area contributed by atoms with Gasteiger partial charge in [0.15, 0.2) is 17.3 Å². The van der Waals surface area contributed by atoms with Crippen molar-refractivity contribution in [3.63, 3.8) is 0 Å². The van der Waals surface area contributed by atoms with E-state index in [1.54, 1.807) is 67.7 Å². The number of fused-ring (bicyclic) bond motifs is 1. The maximum atomic E-state index is 13.5. The van der Waals surface area contributed by atoms with Crippen LogP contribution in [0, 0.1) is 11.3 Å². The van der Waals surface area contributed by atoms with E-state index in [2.05, 4.69) is 21.7 Å². The third-order valence-electron chi connectivity index (χ3n) is 6.01. The van der Waals surface area contributed by atoms with Crippen LogP contribution in [0.3, 0.4) is 0 Å². The van der Waals surface area contributed by atoms with Crippen LogP contribution in [0.1, 0.15) is 24.1 Å². The van der Waals surface area contributed by atoms with Gasteiger partial charge < -0.3 is 20.1 Å². The van der Waals surface area contributed by atoms with Crippen molar-refractivity contribution in [3.05, 3.63) is 89.4 Å². The fourth-order valence-corrected chi connectivity index (χ4v) is 4.23. The van der Waals surface area contributed by atoms with Crippen molar-refractivity contribution in [2.24, 2.45) is 0 Å². The van der Waals surface area contributed by atoms with Crippen LogP contribution < -0.4 is 20.1 Å². The van der Waals surface area contributed by atoms with Gasteiger partial charge in [0, 0.05) is 17.5 Å². The molecule has 2 aromatic heterocycles. The zero-order valence-corrected chi connectivity index (χ0v) is 20.4. The number of allylic oxidation sites excluding steroid dienone is 1. The van der Waals surface area contributed by atoms with Crippen molar-refractivity contribution < 1.29 is 14.3 Å². The lowest BCUT2D eigenvalue weighted by molar-refractivity contribution is -0.113. The Hall–Kier alpha value is -5.17. The summed E-state index contributed by atoms with van der Waals surface area (Å²) in [6.07, 6.45) is 3.22. The van der Waals surface area contributed by atoms with Crippen molar-refractivity contribution in [2.45, 2.75) is 13.0 Å². The Labute approximate surface area is 213 Å². The molecule has 184 valence electrons. The van der Waals surface area contributed by atoms with Crippen LogP contribution in [0.25, 0.3) is 11.4 Å². The van der Waals surface area contributed by atoms with Crippen LogP contribution >= 0.6 is 0 Å². The summed E-state index contributed by atoms with van der Waals surface area (Å²) in [6, 6.07) is 17.6. The zero-order valence-electron chi connectivity index (χ0n) is 20.4. The fraction of sp³-hybridized carbons (Fsp3) is 0.148. The number of carbonyl (C=O) groups excluding carboxylic acids is 1. The minimum absolute atomic E-state index is 0.304. The topological polar surface area (TPSA) is 127 Å². The monoisotopic (exact) mass is 493 g/mol. The van der Waals surface area contributed by atoms with E-state index in [0.29, 0.717) is 45.8 Å². The Bertz CT molecular complexity index is 1540. The fourth-order valence-electron chi connectivity index (χ4n) is 4.23. The predicted octanol–water partition coefficient (Wildman–Crippen LogP) is 4.16. The van der Waals surface area contributed by atoms with Gasteiger partial charge >= 0.3 is 0 Å². The third kappa shape index (κ3) is 4.46. The van der Waals surface area contributed by atoms with Gasteiger partial charge in [-0.3, -0.25) is 9.78 Å². The molecule has 0 radical (unpaired) electrons. The highest BCUT2D eigenvalue weighted by molar-refractivity contribution is 6.06. The second-order valence-corrected chi connectivity index (χ2v) is 8.27. The average Bonchev–Trinajstić information content (AvgIpc) is 3.36. The Morgan fingerprint density at radius 3 is 2.57 bits per heavy atom. The van der Waals surface area contributed by atoms with Crippen LogP contribution in [0.15, 0.2) is 78.3 Å². The average molecular weight is 494 g/mol. The Morgan fingerprint density at radius 2 is 1.89 bits per heavy atom. The summed E-state index contributed by atoms with van der Waals surface area (Å²) < 4.78 is 12.5. The van der Waals surface area contributed by atoms with Gasteiger partial charge in [0.2, 0.25) is 5.95 Å². The number of benzene rings is 2. The minimum Gasteiger partial charge on any atom is -0.493 e. The van der Waals surface area contributed by atoms with E-state index in [1.807, 2.05) is 25.1 Å². The van der Waals surface area contributed by atoms with Crippen molar-refractivity contribution in [1.82, 2.24) is 19.7 Å². The molecule has 5 rings (SSSR count). The van der Waals surface area contributed by atoms with Gasteiger partial charge in [-0.15, -0.1) is 5.10 Å². The van der Waals surface area contributed by atoms with Crippen LogP contribution in [-0.2, 0) is 4.79 Å². The standard InChI is InChI=1S/C27H23N7O3/c1-16-23(26(35)31-20-5-4-12-29-15-20)24(18-8-6-17(14-28)7-9-18)34-27(30-16)32-25(33-34)19-10-11-21(36-2)22(13-19)37-3/h4-13,15,24H,1-3H3,(H,31,35)(H,30,32,33). The molecule has 1 unspecified atom stereocenters. The molecule has 1 atom stereocenters. The summed E-state index contributed by atoms with van der Waals surface area (Å²) in [6.45, 7) is 1.82. The molecule has 0 saturated heterocycles. The van der Waals surface area contributed by atoms with E-state index in [4.69, 9.17) is 19.6 Å². The summed E-state index contributed by atoms with van der Waals surface area (Å²) in [5.74, 6) is 1.77. The summed E-state index contributed by atoms with van der Waals surface area (Å²) in [5.41, 5.74) is 3.69. The number of nitrogens with one attached hydrogen (secondary N) is 2. The number of nitriles is 1. The molecule has 0 spiro atoms. The number of rotatable bonds is 6. The summed E-state index contributed by atoms with van der Waals surface area (Å²) in [5, 5.41) is 20.2. The Kier molecular flexibility index (Phi) is 6.26. The van der Waals surface area contributed by atoms with E-state index in [0.717, 1.165) is 11.1 Å². The second-order valence-electron chi connectivity index (χ2n) is 8.27. The van der Waals surface area contributed by atoms with Gasteiger partial charge in [-0.2, -0.15) is 10.2 Å². The van der Waals surface area contributed by atoms with Gasteiger partial charge in [-0.05, 0) is 55.0 Å². The van der Waals surface area contributed by atoms with E-state index in [-0.39, 0.29) is 5.91 Å². The molecule has 10 nitrogen and oxygen atoms in total. The third-order valence-corrected chi connectivity index (χ3v) is 6.01. The van der Waals surface area contributed by atoms with E-state index in [1.165, 1.54) is 0 Å². The molecular formula is C27H23N7O3. The number of pyridine rings is 1. The van der Waals surface area contributed by atoms with Crippen LogP contribution in [0.4, 0.5) is 11.6 Å². The van der Waals surface area contributed by atoms with E-state index >= 15 is 0 Å². The number of methoxy groups -OCH3 is 2. The maximum absolute atomic E-state index is 13.5. The normalized spacial score (nSPS) is 14.3. The largest absolute Gasteiger partial charge is 0.493 e. The Morgan fingerprint density at radius 1 is 1.11 bits per heavy atom. The van der Waals surface area contributed by atoms with Crippen molar-refractivity contribution in [3.8, 4) is 29.0 Å². The first kappa shape index (κ1) is 23.6. The number of nitrogens with zero attached hydrogens (tertiary/aromatic N) is 5. The van der Waals surface area contributed by atoms with Gasteiger partial charge in [-0.25, -0.2) is 4.68 Å². The second kappa shape index (κ2) is 9.83. The maximum Gasteiger partial charge on any atom is 0.255 e. The SMILES string of the molecule is COc1ccc(-c2nc3n(n2)C(c2ccc(C#N)cc2)C(C(=O)Nc2cccnc2)=C(C)N3)cc1OC. The summed E-state index contributed by atoms with van der Waals surface area (Å²) in [4.78, 5) is 22.3. The van der Waals surface area contributed by atoms with Gasteiger partial charge in [0.25, 0.3) is 5.91 Å². The molecule has 0 bridgehead atoms. The number of hydrogen-bond acceptors (Lipinski definition) is 8. The molecule has 0 fully saturated rings. The highest BCUT2D eigenvalue weighted by atomic mass is 16.5. The minimum atomic E-state index is -0.595. The van der Waals surface area contributed by atoms with Crippen molar-refractivity contribution in [2.75, 3.05) is 24.9 Å². The number of amides is 1. The lowest BCUT2D eigenvalue weighted by Gasteiger charge is -2.28. The number of ether oxygens (including phenoxy) is 2. The number of carbonyl (C=O) groups is 1. The predicted molar refractivity (Wildman–Crippen MR) is 137 cm³/mol. The molecule has 0 saturated carbocycles. The molecule has 2 aromatic carbocycles. The number of hydrogen-bond donors (Lipinski definition) is 2. The molecule has 1 amide bonds. The first-order valence-electron chi connectivity index (χ1n) is 11.4. The molecule has 0 aliphatic carbocycles. The molecule has 3 heterocycles. The lowest BCUT2D eigenvalue weighted by atomic mass is 9.94. The molecule has 2 N–H and O–H groups in total. The Balaban J connectivity index is 1.60. The smallest absolute Gasteiger partial charge is 0.255 e. The quantitative estimate of drug-likeness (QED) is 0.410. The lowest BCUT2D eigenvalue weighted by Crippen LogP contribution is -2.31. The van der Waals surface area contributed by atoms with Gasteiger partial charge in [0.1, 0.15) is 6.04 Å². The summed E-state index contributed by atoms with van der Waals surface area (Å²) >= 11 is 0. The molecule has 10 heteroatoms. The highest BCUT2D eigenvalue weighted by Gasteiger charge is 2.34. The molecule has 4 aromatic rings. The number of aromatic nitrogens is 4. The van der Waals surface area contributed by atoms with Crippen LogP contribution in [-0.4, -0.2) is 39.9 Å². The van der Waals surface area contributed by atoms with Crippen LogP contribution in [0.2, 0.25) is 0 Å². The summed E-state index contributed by atoms with van der Waals surface area (Å²) in [7, 11) is 3.14. The molecule has 1 aliphatic heterocycles. The highest BCUT2D eigenvalue weighted by Crippen LogP contribution is 2.38. The first-order valence-corrected chi connectivity index (χ1v) is 11.4. The van der Waals surface area contributed by atoms with E-state index < -0.39 is 6.04 Å². The molecular weight excluding hydrogens is 470 g/mol. The van der Waals surface area contributed by atoms with E-state index in [9.17, 15) is 10.1 Å². The van der Waals surface area contributed by atoms with Crippen molar-refractivity contribution in [1.29, 1.82) is 5.26 Å². The zero-order chi connectivity index (χ0) is 25.9. The molecule has 1 aliphatic rings. The van der Waals surface area contributed by atoms with Gasteiger partial charge in [-0.1, -0.05) is 12.1 Å². The molecule has 37 heavy (non-hydrogen) atoms. The van der Waals surface area contributed by atoms with Crippen molar-refractivity contribution >= 4 is 17.5 Å².